The molecule has 5 rings (SSSR count). The SMILES string of the molecule is Cc1ccc(-n2c(C(C)N(Cc3ccccc3)C(=O)c3ccccc3F)nc3ccccc3c2=O)cc1C. The lowest BCUT2D eigenvalue weighted by Gasteiger charge is -2.31. The molecule has 0 fully saturated rings. The molecule has 190 valence electrons. The fraction of sp³-hybridized carbons (Fsp3) is 0.156. The third kappa shape index (κ3) is 4.73. The zero-order valence-corrected chi connectivity index (χ0v) is 21.6. The van der Waals surface area contributed by atoms with E-state index in [-0.39, 0.29) is 17.7 Å². The van der Waals surface area contributed by atoms with Crippen molar-refractivity contribution in [3.63, 3.8) is 0 Å². The number of para-hydroxylation sites is 1. The van der Waals surface area contributed by atoms with E-state index >= 15 is 0 Å². The van der Waals surface area contributed by atoms with Crippen LogP contribution in [0.25, 0.3) is 16.6 Å². The number of hydrogen-bond acceptors (Lipinski definition) is 3. The van der Waals surface area contributed by atoms with Crippen LogP contribution >= 0.6 is 0 Å². The van der Waals surface area contributed by atoms with Crippen molar-refractivity contribution >= 4 is 16.8 Å². The quantitative estimate of drug-likeness (QED) is 0.263. The number of fused-ring (bicyclic) bond motifs is 1. The van der Waals surface area contributed by atoms with Crippen molar-refractivity contribution in [3.8, 4) is 5.69 Å². The maximum absolute atomic E-state index is 14.8. The number of halogens is 1. The molecule has 0 bridgehead atoms. The molecule has 1 unspecified atom stereocenters. The molecule has 0 aliphatic carbocycles. The van der Waals surface area contributed by atoms with Crippen LogP contribution in [0.5, 0.6) is 0 Å². The number of hydrogen-bond donors (Lipinski definition) is 0. The Morgan fingerprint density at radius 3 is 2.32 bits per heavy atom. The van der Waals surface area contributed by atoms with Crippen molar-refractivity contribution in [1.29, 1.82) is 0 Å². The zero-order chi connectivity index (χ0) is 26.8. The normalized spacial score (nSPS) is 11.9. The fourth-order valence-corrected chi connectivity index (χ4v) is 4.64. The Bertz CT molecular complexity index is 1700. The van der Waals surface area contributed by atoms with Gasteiger partial charge in [0.05, 0.1) is 28.2 Å². The largest absolute Gasteiger partial charge is 0.324 e. The van der Waals surface area contributed by atoms with Crippen LogP contribution in [0.4, 0.5) is 4.39 Å². The molecule has 38 heavy (non-hydrogen) atoms. The van der Waals surface area contributed by atoms with Crippen LogP contribution in [0.3, 0.4) is 0 Å². The highest BCUT2D eigenvalue weighted by molar-refractivity contribution is 5.94. The smallest absolute Gasteiger partial charge is 0.266 e. The van der Waals surface area contributed by atoms with E-state index in [0.29, 0.717) is 22.4 Å². The van der Waals surface area contributed by atoms with Gasteiger partial charge in [0.25, 0.3) is 11.5 Å². The zero-order valence-electron chi connectivity index (χ0n) is 21.6. The Morgan fingerprint density at radius 1 is 0.895 bits per heavy atom. The van der Waals surface area contributed by atoms with Crippen LogP contribution in [-0.4, -0.2) is 20.4 Å². The third-order valence-electron chi connectivity index (χ3n) is 6.95. The number of aryl methyl sites for hydroxylation is 2. The molecule has 0 spiro atoms. The summed E-state index contributed by atoms with van der Waals surface area (Å²) >= 11 is 0. The van der Waals surface area contributed by atoms with E-state index in [2.05, 4.69) is 0 Å². The number of benzene rings is 4. The van der Waals surface area contributed by atoms with Gasteiger partial charge in [0.2, 0.25) is 0 Å². The van der Waals surface area contributed by atoms with Crippen LogP contribution in [0.1, 0.15) is 45.8 Å². The second-order valence-electron chi connectivity index (χ2n) is 9.47. The van der Waals surface area contributed by atoms with Crippen LogP contribution < -0.4 is 5.56 Å². The molecule has 0 saturated heterocycles. The first-order chi connectivity index (χ1) is 18.3. The molecule has 1 atom stereocenters. The van der Waals surface area contributed by atoms with E-state index in [9.17, 15) is 14.0 Å². The van der Waals surface area contributed by atoms with Gasteiger partial charge in [-0.2, -0.15) is 0 Å². The monoisotopic (exact) mass is 505 g/mol. The fourth-order valence-electron chi connectivity index (χ4n) is 4.64. The number of nitrogens with zero attached hydrogens (tertiary/aromatic N) is 3. The van der Waals surface area contributed by atoms with Gasteiger partial charge in [0.15, 0.2) is 0 Å². The van der Waals surface area contributed by atoms with Gasteiger partial charge in [-0.1, -0.05) is 60.7 Å². The number of aromatic nitrogens is 2. The minimum absolute atomic E-state index is 0.0313. The second-order valence-corrected chi connectivity index (χ2v) is 9.47. The molecular formula is C32H28FN3O2. The van der Waals surface area contributed by atoms with Gasteiger partial charge < -0.3 is 4.90 Å². The van der Waals surface area contributed by atoms with Crippen molar-refractivity contribution < 1.29 is 9.18 Å². The highest BCUT2D eigenvalue weighted by atomic mass is 19.1. The molecule has 0 N–H and O–H groups in total. The molecule has 5 nitrogen and oxygen atoms in total. The van der Waals surface area contributed by atoms with Gasteiger partial charge >= 0.3 is 0 Å². The van der Waals surface area contributed by atoms with E-state index < -0.39 is 17.8 Å². The molecule has 1 amide bonds. The lowest BCUT2D eigenvalue weighted by molar-refractivity contribution is 0.0659. The highest BCUT2D eigenvalue weighted by Gasteiger charge is 2.29. The Hall–Kier alpha value is -4.58. The lowest BCUT2D eigenvalue weighted by atomic mass is 10.1. The van der Waals surface area contributed by atoms with E-state index in [1.165, 1.54) is 12.1 Å². The highest BCUT2D eigenvalue weighted by Crippen LogP contribution is 2.27. The van der Waals surface area contributed by atoms with Crippen molar-refractivity contribution in [2.24, 2.45) is 0 Å². The molecule has 5 aromatic rings. The first-order valence-electron chi connectivity index (χ1n) is 12.5. The molecule has 1 aromatic heterocycles. The Kier molecular flexibility index (Phi) is 6.88. The van der Waals surface area contributed by atoms with Crippen LogP contribution in [0.2, 0.25) is 0 Å². The van der Waals surface area contributed by atoms with Gasteiger partial charge in [0.1, 0.15) is 11.6 Å². The molecule has 0 aliphatic rings. The maximum atomic E-state index is 14.8. The summed E-state index contributed by atoms with van der Waals surface area (Å²) in [6.45, 7) is 6.05. The predicted molar refractivity (Wildman–Crippen MR) is 148 cm³/mol. The average molecular weight is 506 g/mol. The van der Waals surface area contributed by atoms with Gasteiger partial charge in [-0.05, 0) is 73.9 Å². The third-order valence-corrected chi connectivity index (χ3v) is 6.95. The molecule has 4 aromatic carbocycles. The Balaban J connectivity index is 1.73. The first-order valence-corrected chi connectivity index (χ1v) is 12.5. The number of amides is 1. The van der Waals surface area contributed by atoms with Crippen molar-refractivity contribution in [1.82, 2.24) is 14.5 Å². The van der Waals surface area contributed by atoms with Crippen molar-refractivity contribution in [3.05, 3.63) is 141 Å². The van der Waals surface area contributed by atoms with E-state index in [1.54, 1.807) is 33.7 Å². The predicted octanol–water partition coefficient (Wildman–Crippen LogP) is 6.55. The molecule has 0 radical (unpaired) electrons. The average Bonchev–Trinajstić information content (AvgIpc) is 2.93. The minimum atomic E-state index is -0.666. The first kappa shape index (κ1) is 25.1. The van der Waals surface area contributed by atoms with Gasteiger partial charge in [0, 0.05) is 6.54 Å². The summed E-state index contributed by atoms with van der Waals surface area (Å²) in [5.74, 6) is -0.674. The summed E-state index contributed by atoms with van der Waals surface area (Å²) in [4.78, 5) is 34.2. The summed E-state index contributed by atoms with van der Waals surface area (Å²) in [6.07, 6.45) is 0. The van der Waals surface area contributed by atoms with Gasteiger partial charge in [-0.25, -0.2) is 9.37 Å². The van der Waals surface area contributed by atoms with Crippen LogP contribution in [0.15, 0.2) is 102 Å². The maximum Gasteiger partial charge on any atom is 0.266 e. The molecule has 0 aliphatic heterocycles. The summed E-state index contributed by atoms with van der Waals surface area (Å²) < 4.78 is 16.4. The van der Waals surface area contributed by atoms with E-state index in [0.717, 1.165) is 16.7 Å². The summed E-state index contributed by atoms with van der Waals surface area (Å²) in [5.41, 5.74) is 3.96. The summed E-state index contributed by atoms with van der Waals surface area (Å²) in [5, 5.41) is 0.483. The van der Waals surface area contributed by atoms with Crippen molar-refractivity contribution in [2.45, 2.75) is 33.4 Å². The Morgan fingerprint density at radius 2 is 1.58 bits per heavy atom. The van der Waals surface area contributed by atoms with E-state index in [1.807, 2.05) is 81.4 Å². The van der Waals surface area contributed by atoms with Crippen LogP contribution in [-0.2, 0) is 6.54 Å². The van der Waals surface area contributed by atoms with Crippen LogP contribution in [0, 0.1) is 19.7 Å². The lowest BCUT2D eigenvalue weighted by Crippen LogP contribution is -2.37. The summed E-state index contributed by atoms with van der Waals surface area (Å²) in [7, 11) is 0. The standard InChI is InChI=1S/C32H28FN3O2/c1-21-17-18-25(19-22(21)2)36-30(34-29-16-10-8-14-27(29)32(36)38)23(3)35(20-24-11-5-4-6-12-24)31(37)26-13-7-9-15-28(26)33/h4-19,23H,20H2,1-3H3. The molecule has 6 heteroatoms. The van der Waals surface area contributed by atoms with Gasteiger partial charge in [-0.3, -0.25) is 14.2 Å². The second kappa shape index (κ2) is 10.4. The molecular weight excluding hydrogens is 477 g/mol. The Labute approximate surface area is 220 Å². The van der Waals surface area contributed by atoms with Gasteiger partial charge in [-0.15, -0.1) is 0 Å². The summed E-state index contributed by atoms with van der Waals surface area (Å²) in [6, 6.07) is 27.8. The number of rotatable bonds is 6. The minimum Gasteiger partial charge on any atom is -0.324 e. The number of carbonyl (C=O) groups is 1. The topological polar surface area (TPSA) is 55.2 Å². The molecule has 0 saturated carbocycles. The van der Waals surface area contributed by atoms with E-state index in [4.69, 9.17) is 4.98 Å². The van der Waals surface area contributed by atoms with Crippen molar-refractivity contribution in [2.75, 3.05) is 0 Å². The molecule has 1 heterocycles. The number of carbonyl (C=O) groups excluding carboxylic acids is 1.